The summed E-state index contributed by atoms with van der Waals surface area (Å²) in [4.78, 5) is 0. The molecule has 110 valence electrons. The fourth-order valence-electron chi connectivity index (χ4n) is 3.65. The van der Waals surface area contributed by atoms with E-state index in [2.05, 4.69) is 26.8 Å². The van der Waals surface area contributed by atoms with E-state index in [-0.39, 0.29) is 17.8 Å². The van der Waals surface area contributed by atoms with E-state index in [0.717, 1.165) is 32.3 Å². The summed E-state index contributed by atoms with van der Waals surface area (Å²) in [6.07, 6.45) is 5.89. The third kappa shape index (κ3) is 3.21. The molecule has 19 heavy (non-hydrogen) atoms. The number of hydrogen-bond acceptors (Lipinski definition) is 3. The van der Waals surface area contributed by atoms with Gasteiger partial charge < -0.3 is 14.6 Å². The predicted molar refractivity (Wildman–Crippen MR) is 76.0 cm³/mol. The number of aliphatic hydroxyl groups excluding tert-OH is 1. The van der Waals surface area contributed by atoms with Crippen molar-refractivity contribution in [2.24, 2.45) is 11.8 Å². The van der Waals surface area contributed by atoms with Crippen LogP contribution in [0.4, 0.5) is 0 Å². The zero-order chi connectivity index (χ0) is 14.0. The first-order valence-corrected chi connectivity index (χ1v) is 7.48. The quantitative estimate of drug-likeness (QED) is 0.616. The van der Waals surface area contributed by atoms with Gasteiger partial charge in [0.05, 0.1) is 24.4 Å². The third-order valence-corrected chi connectivity index (χ3v) is 4.78. The molecular weight excluding hydrogens is 240 g/mol. The minimum atomic E-state index is -0.337. The number of rotatable bonds is 5. The largest absolute Gasteiger partial charge is 0.390 e. The van der Waals surface area contributed by atoms with Crippen LogP contribution in [0.1, 0.15) is 46.5 Å². The van der Waals surface area contributed by atoms with E-state index in [1.165, 1.54) is 5.57 Å². The Bertz CT molecular complexity index is 329. The molecule has 1 aliphatic heterocycles. The highest BCUT2D eigenvalue weighted by molar-refractivity contribution is 5.08. The second kappa shape index (κ2) is 5.94. The first-order valence-electron chi connectivity index (χ1n) is 7.48. The lowest BCUT2D eigenvalue weighted by atomic mass is 9.69. The standard InChI is InChI=1S/C16H28O3/c1-11(2)6-5-7-12(3)14-15(18-4)13(17)8-9-16(14)10-19-16/h6,12-15,17H,5,7-10H2,1-4H3. The van der Waals surface area contributed by atoms with E-state index in [4.69, 9.17) is 9.47 Å². The molecule has 0 aromatic carbocycles. The van der Waals surface area contributed by atoms with Gasteiger partial charge in [0.25, 0.3) is 0 Å². The molecule has 2 fully saturated rings. The fourth-order valence-corrected chi connectivity index (χ4v) is 3.65. The third-order valence-electron chi connectivity index (χ3n) is 4.78. The number of aliphatic hydroxyl groups is 1. The van der Waals surface area contributed by atoms with E-state index < -0.39 is 0 Å². The van der Waals surface area contributed by atoms with E-state index in [9.17, 15) is 5.11 Å². The minimum Gasteiger partial charge on any atom is -0.390 e. The van der Waals surface area contributed by atoms with E-state index in [1.807, 2.05) is 0 Å². The lowest BCUT2D eigenvalue weighted by Gasteiger charge is -2.42. The topological polar surface area (TPSA) is 42.0 Å². The Morgan fingerprint density at radius 3 is 2.74 bits per heavy atom. The number of epoxide rings is 1. The van der Waals surface area contributed by atoms with Crippen molar-refractivity contribution in [3.8, 4) is 0 Å². The van der Waals surface area contributed by atoms with E-state index in [1.54, 1.807) is 7.11 Å². The summed E-state index contributed by atoms with van der Waals surface area (Å²) in [5, 5.41) is 10.2. The van der Waals surface area contributed by atoms with Crippen molar-refractivity contribution in [2.75, 3.05) is 13.7 Å². The number of ether oxygens (including phenoxy) is 2. The maximum absolute atomic E-state index is 10.2. The number of methoxy groups -OCH3 is 1. The monoisotopic (exact) mass is 268 g/mol. The van der Waals surface area contributed by atoms with E-state index >= 15 is 0 Å². The summed E-state index contributed by atoms with van der Waals surface area (Å²) < 4.78 is 11.4. The van der Waals surface area contributed by atoms with Gasteiger partial charge in [0.15, 0.2) is 0 Å². The van der Waals surface area contributed by atoms with Gasteiger partial charge in [0.2, 0.25) is 0 Å². The highest BCUT2D eigenvalue weighted by Crippen LogP contribution is 2.50. The molecule has 1 aliphatic carbocycles. The van der Waals surface area contributed by atoms with Crippen LogP contribution in [0.3, 0.4) is 0 Å². The smallest absolute Gasteiger partial charge is 0.0973 e. The maximum atomic E-state index is 10.2. The van der Waals surface area contributed by atoms with Gasteiger partial charge in [-0.3, -0.25) is 0 Å². The molecule has 5 unspecified atom stereocenters. The molecule has 5 atom stereocenters. The van der Waals surface area contributed by atoms with Crippen LogP contribution < -0.4 is 0 Å². The Kier molecular flexibility index (Phi) is 4.70. The van der Waals surface area contributed by atoms with Crippen LogP contribution in [0.25, 0.3) is 0 Å². The van der Waals surface area contributed by atoms with Crippen molar-refractivity contribution in [3.63, 3.8) is 0 Å². The van der Waals surface area contributed by atoms with Crippen LogP contribution in [-0.4, -0.2) is 36.6 Å². The molecule has 3 nitrogen and oxygen atoms in total. The first kappa shape index (κ1) is 15.0. The lowest BCUT2D eigenvalue weighted by Crippen LogP contribution is -2.50. The average molecular weight is 268 g/mol. The SMILES string of the molecule is COC1C(O)CCC2(CO2)C1C(C)CCC=C(C)C. The zero-order valence-electron chi connectivity index (χ0n) is 12.7. The predicted octanol–water partition coefficient (Wildman–Crippen LogP) is 2.92. The van der Waals surface area contributed by atoms with Crippen molar-refractivity contribution in [2.45, 2.75) is 64.3 Å². The highest BCUT2D eigenvalue weighted by Gasteiger charge is 2.59. The zero-order valence-corrected chi connectivity index (χ0v) is 12.7. The number of hydrogen-bond donors (Lipinski definition) is 1. The van der Waals surface area contributed by atoms with Crippen molar-refractivity contribution in [1.29, 1.82) is 0 Å². The normalized spacial score (nSPS) is 39.1. The average Bonchev–Trinajstić information content (AvgIpc) is 3.12. The van der Waals surface area contributed by atoms with Gasteiger partial charge in [0.1, 0.15) is 0 Å². The van der Waals surface area contributed by atoms with Crippen molar-refractivity contribution < 1.29 is 14.6 Å². The van der Waals surface area contributed by atoms with Gasteiger partial charge in [-0.05, 0) is 45.4 Å². The Hall–Kier alpha value is -0.380. The number of allylic oxidation sites excluding steroid dienone is 2. The molecule has 1 heterocycles. The van der Waals surface area contributed by atoms with Gasteiger partial charge in [-0.15, -0.1) is 0 Å². The molecule has 1 saturated carbocycles. The van der Waals surface area contributed by atoms with Gasteiger partial charge in [-0.25, -0.2) is 0 Å². The Balaban J connectivity index is 2.02. The molecule has 3 heteroatoms. The fraction of sp³-hybridized carbons (Fsp3) is 0.875. The van der Waals surface area contributed by atoms with Crippen LogP contribution in [-0.2, 0) is 9.47 Å². The second-order valence-electron chi connectivity index (χ2n) is 6.52. The Labute approximate surface area is 117 Å². The van der Waals surface area contributed by atoms with E-state index in [0.29, 0.717) is 11.8 Å². The second-order valence-corrected chi connectivity index (χ2v) is 6.52. The molecule has 0 radical (unpaired) electrons. The summed E-state index contributed by atoms with van der Waals surface area (Å²) in [6.45, 7) is 7.39. The van der Waals surface area contributed by atoms with Gasteiger partial charge >= 0.3 is 0 Å². The molecule has 1 N–H and O–H groups in total. The molecular formula is C16H28O3. The maximum Gasteiger partial charge on any atom is 0.0973 e. The molecule has 0 aromatic heterocycles. The minimum absolute atomic E-state index is 0.00426. The molecule has 0 aromatic rings. The lowest BCUT2D eigenvalue weighted by molar-refractivity contribution is -0.112. The van der Waals surface area contributed by atoms with Crippen LogP contribution >= 0.6 is 0 Å². The highest BCUT2D eigenvalue weighted by atomic mass is 16.6. The molecule has 1 spiro atoms. The van der Waals surface area contributed by atoms with Gasteiger partial charge in [-0.1, -0.05) is 18.6 Å². The van der Waals surface area contributed by atoms with Crippen molar-refractivity contribution in [1.82, 2.24) is 0 Å². The summed E-state index contributed by atoms with van der Waals surface area (Å²) in [6, 6.07) is 0. The van der Waals surface area contributed by atoms with Crippen LogP contribution in [0.2, 0.25) is 0 Å². The summed E-state index contributed by atoms with van der Waals surface area (Å²) >= 11 is 0. The summed E-state index contributed by atoms with van der Waals surface area (Å²) in [5.74, 6) is 0.838. The van der Waals surface area contributed by atoms with Crippen molar-refractivity contribution in [3.05, 3.63) is 11.6 Å². The molecule has 2 aliphatic rings. The Morgan fingerprint density at radius 2 is 2.21 bits per heavy atom. The molecule has 0 amide bonds. The van der Waals surface area contributed by atoms with Crippen LogP contribution in [0.15, 0.2) is 11.6 Å². The van der Waals surface area contributed by atoms with Gasteiger partial charge in [-0.2, -0.15) is 0 Å². The van der Waals surface area contributed by atoms with Crippen LogP contribution in [0, 0.1) is 11.8 Å². The summed E-state index contributed by atoms with van der Waals surface area (Å²) in [5.41, 5.74) is 1.38. The summed E-state index contributed by atoms with van der Waals surface area (Å²) in [7, 11) is 1.71. The molecule has 2 rings (SSSR count). The Morgan fingerprint density at radius 1 is 1.53 bits per heavy atom. The first-order chi connectivity index (χ1) is 9.00. The van der Waals surface area contributed by atoms with Crippen molar-refractivity contribution >= 4 is 0 Å². The molecule has 0 bridgehead atoms. The molecule has 1 saturated heterocycles. The van der Waals surface area contributed by atoms with Crippen LogP contribution in [0.5, 0.6) is 0 Å². The van der Waals surface area contributed by atoms with Gasteiger partial charge in [0, 0.05) is 13.0 Å².